The summed E-state index contributed by atoms with van der Waals surface area (Å²) in [6.07, 6.45) is 2.09. The molecule has 0 unspecified atom stereocenters. The number of nitrogens with one attached hydrogen (secondary N) is 1. The van der Waals surface area contributed by atoms with Crippen LogP contribution in [0.1, 0.15) is 24.0 Å². The van der Waals surface area contributed by atoms with Crippen LogP contribution < -0.4 is 5.32 Å². The smallest absolute Gasteiger partial charge is 0.326 e. The summed E-state index contributed by atoms with van der Waals surface area (Å²) in [5.74, 6) is -1.08. The number of amides is 1. The van der Waals surface area contributed by atoms with Gasteiger partial charge in [-0.2, -0.15) is 0 Å². The van der Waals surface area contributed by atoms with E-state index in [1.807, 2.05) is 31.2 Å². The van der Waals surface area contributed by atoms with Crippen molar-refractivity contribution in [2.24, 2.45) is 5.92 Å². The van der Waals surface area contributed by atoms with Crippen LogP contribution in [0, 0.1) is 12.8 Å². The van der Waals surface area contributed by atoms with E-state index in [0.717, 1.165) is 24.0 Å². The van der Waals surface area contributed by atoms with Crippen LogP contribution in [0.5, 0.6) is 0 Å². The van der Waals surface area contributed by atoms with Crippen molar-refractivity contribution in [2.45, 2.75) is 32.2 Å². The number of hydrogen-bond acceptors (Lipinski definition) is 2. The van der Waals surface area contributed by atoms with E-state index in [2.05, 4.69) is 5.32 Å². The first kappa shape index (κ1) is 12.6. The summed E-state index contributed by atoms with van der Waals surface area (Å²) in [7, 11) is 0. The highest BCUT2D eigenvalue weighted by molar-refractivity contribution is 5.86. The van der Waals surface area contributed by atoms with E-state index in [4.69, 9.17) is 5.11 Å². The van der Waals surface area contributed by atoms with E-state index >= 15 is 0 Å². The number of aliphatic carboxylic acids is 1. The van der Waals surface area contributed by atoms with Crippen LogP contribution in [0.2, 0.25) is 0 Å². The zero-order chi connectivity index (χ0) is 13.1. The van der Waals surface area contributed by atoms with Crippen molar-refractivity contribution in [3.63, 3.8) is 0 Å². The third-order valence-corrected chi connectivity index (χ3v) is 3.25. The molecule has 1 amide bonds. The minimum absolute atomic E-state index is 0.0312. The molecule has 0 bridgehead atoms. The summed E-state index contributed by atoms with van der Waals surface area (Å²) in [5, 5.41) is 11.8. The molecule has 18 heavy (non-hydrogen) atoms. The van der Waals surface area contributed by atoms with Gasteiger partial charge in [0.15, 0.2) is 0 Å². The van der Waals surface area contributed by atoms with Gasteiger partial charge in [0.2, 0.25) is 5.91 Å². The summed E-state index contributed by atoms with van der Waals surface area (Å²) >= 11 is 0. The van der Waals surface area contributed by atoms with Crippen LogP contribution in [0.4, 0.5) is 0 Å². The molecule has 0 heterocycles. The Morgan fingerprint density at radius 2 is 2.06 bits per heavy atom. The largest absolute Gasteiger partial charge is 0.480 e. The maximum absolute atomic E-state index is 11.6. The third kappa shape index (κ3) is 3.09. The van der Waals surface area contributed by atoms with Crippen LogP contribution in [0.25, 0.3) is 0 Å². The van der Waals surface area contributed by atoms with Gasteiger partial charge in [-0.3, -0.25) is 4.79 Å². The van der Waals surface area contributed by atoms with E-state index in [9.17, 15) is 9.59 Å². The molecule has 4 nitrogen and oxygen atoms in total. The van der Waals surface area contributed by atoms with Crippen molar-refractivity contribution in [1.82, 2.24) is 5.32 Å². The summed E-state index contributed by atoms with van der Waals surface area (Å²) in [6, 6.07) is 6.80. The summed E-state index contributed by atoms with van der Waals surface area (Å²) in [5.41, 5.74) is 2.01. The van der Waals surface area contributed by atoms with E-state index in [1.165, 1.54) is 0 Å². The lowest BCUT2D eigenvalue weighted by atomic mass is 10.0. The van der Waals surface area contributed by atoms with Crippen molar-refractivity contribution in [3.8, 4) is 0 Å². The fourth-order valence-electron chi connectivity index (χ4n) is 1.89. The number of carboxylic acid groups (broad SMARTS) is 1. The highest BCUT2D eigenvalue weighted by Crippen LogP contribution is 2.29. The zero-order valence-corrected chi connectivity index (χ0v) is 10.3. The maximum atomic E-state index is 11.6. The van der Waals surface area contributed by atoms with Crippen molar-refractivity contribution >= 4 is 11.9 Å². The summed E-state index contributed by atoms with van der Waals surface area (Å²) < 4.78 is 0. The quantitative estimate of drug-likeness (QED) is 0.829. The highest BCUT2D eigenvalue weighted by atomic mass is 16.4. The van der Waals surface area contributed by atoms with Gasteiger partial charge in [0.1, 0.15) is 6.04 Å². The molecule has 2 N–H and O–H groups in total. The number of carbonyl (C=O) groups excluding carboxylic acids is 1. The molecule has 4 heteroatoms. The molecule has 1 aliphatic carbocycles. The van der Waals surface area contributed by atoms with Crippen LogP contribution in [-0.2, 0) is 16.0 Å². The minimum Gasteiger partial charge on any atom is -0.480 e. The Morgan fingerprint density at radius 3 is 2.61 bits per heavy atom. The van der Waals surface area contributed by atoms with E-state index in [0.29, 0.717) is 6.42 Å². The SMILES string of the molecule is Cc1ccccc1C[C@H](NC(=O)C1CC1)C(=O)O. The monoisotopic (exact) mass is 247 g/mol. The minimum atomic E-state index is -0.979. The number of hydrogen-bond donors (Lipinski definition) is 2. The molecule has 1 saturated carbocycles. The Hall–Kier alpha value is -1.84. The number of rotatable bonds is 5. The van der Waals surface area contributed by atoms with Gasteiger partial charge >= 0.3 is 5.97 Å². The Labute approximate surface area is 106 Å². The van der Waals surface area contributed by atoms with Crippen molar-refractivity contribution in [2.75, 3.05) is 0 Å². The molecular formula is C14H17NO3. The Balaban J connectivity index is 2.04. The molecule has 1 aliphatic rings. The fraction of sp³-hybridized carbons (Fsp3) is 0.429. The second-order valence-corrected chi connectivity index (χ2v) is 4.80. The second kappa shape index (κ2) is 5.21. The molecule has 1 fully saturated rings. The van der Waals surface area contributed by atoms with Gasteiger partial charge in [0.05, 0.1) is 0 Å². The highest BCUT2D eigenvalue weighted by Gasteiger charge is 2.32. The molecule has 0 saturated heterocycles. The fourth-order valence-corrected chi connectivity index (χ4v) is 1.89. The number of aryl methyl sites for hydroxylation is 1. The lowest BCUT2D eigenvalue weighted by Gasteiger charge is -2.15. The van der Waals surface area contributed by atoms with Gasteiger partial charge in [0.25, 0.3) is 0 Å². The standard InChI is InChI=1S/C14H17NO3/c1-9-4-2-3-5-11(9)8-12(14(17)18)15-13(16)10-6-7-10/h2-5,10,12H,6-8H2,1H3,(H,15,16)(H,17,18)/t12-/m0/s1. The predicted octanol–water partition coefficient (Wildman–Crippen LogP) is 1.52. The molecule has 1 aromatic carbocycles. The normalized spacial score (nSPS) is 16.1. The first-order chi connectivity index (χ1) is 8.58. The van der Waals surface area contributed by atoms with Gasteiger partial charge in [-0.05, 0) is 30.9 Å². The first-order valence-electron chi connectivity index (χ1n) is 6.15. The molecule has 0 spiro atoms. The summed E-state index contributed by atoms with van der Waals surface area (Å²) in [4.78, 5) is 22.8. The molecule has 1 aromatic rings. The number of carbonyl (C=O) groups is 2. The lowest BCUT2D eigenvalue weighted by Crippen LogP contribution is -2.43. The van der Waals surface area contributed by atoms with E-state index in [1.54, 1.807) is 0 Å². The Morgan fingerprint density at radius 1 is 1.39 bits per heavy atom. The number of benzene rings is 1. The molecule has 2 rings (SSSR count). The molecule has 96 valence electrons. The topological polar surface area (TPSA) is 66.4 Å². The maximum Gasteiger partial charge on any atom is 0.326 e. The van der Waals surface area contributed by atoms with Crippen molar-refractivity contribution in [3.05, 3.63) is 35.4 Å². The first-order valence-corrected chi connectivity index (χ1v) is 6.15. The average molecular weight is 247 g/mol. The molecule has 0 radical (unpaired) electrons. The molecule has 0 aromatic heterocycles. The Kier molecular flexibility index (Phi) is 3.65. The molecule has 0 aliphatic heterocycles. The van der Waals surface area contributed by atoms with Gasteiger partial charge in [0, 0.05) is 12.3 Å². The molecule has 1 atom stereocenters. The number of carboxylic acids is 1. The van der Waals surface area contributed by atoms with Gasteiger partial charge in [-0.1, -0.05) is 24.3 Å². The van der Waals surface area contributed by atoms with Crippen LogP contribution >= 0.6 is 0 Å². The summed E-state index contributed by atoms with van der Waals surface area (Å²) in [6.45, 7) is 1.94. The predicted molar refractivity (Wildman–Crippen MR) is 67.2 cm³/mol. The molecular weight excluding hydrogens is 230 g/mol. The van der Waals surface area contributed by atoms with Gasteiger partial charge < -0.3 is 10.4 Å². The average Bonchev–Trinajstić information content (AvgIpc) is 3.14. The van der Waals surface area contributed by atoms with Crippen LogP contribution in [0.3, 0.4) is 0 Å². The van der Waals surface area contributed by atoms with Crippen molar-refractivity contribution in [1.29, 1.82) is 0 Å². The van der Waals surface area contributed by atoms with Crippen molar-refractivity contribution < 1.29 is 14.7 Å². The van der Waals surface area contributed by atoms with Gasteiger partial charge in [-0.15, -0.1) is 0 Å². The van der Waals surface area contributed by atoms with Gasteiger partial charge in [-0.25, -0.2) is 4.79 Å². The lowest BCUT2D eigenvalue weighted by molar-refractivity contribution is -0.142. The third-order valence-electron chi connectivity index (χ3n) is 3.25. The second-order valence-electron chi connectivity index (χ2n) is 4.80. The van der Waals surface area contributed by atoms with E-state index < -0.39 is 12.0 Å². The van der Waals surface area contributed by atoms with Crippen LogP contribution in [-0.4, -0.2) is 23.0 Å². The Bertz CT molecular complexity index is 466. The zero-order valence-electron chi connectivity index (χ0n) is 10.3. The van der Waals surface area contributed by atoms with E-state index in [-0.39, 0.29) is 11.8 Å². The van der Waals surface area contributed by atoms with Crippen LogP contribution in [0.15, 0.2) is 24.3 Å².